The van der Waals surface area contributed by atoms with Crippen LogP contribution in [-0.4, -0.2) is 20.9 Å². The van der Waals surface area contributed by atoms with E-state index in [2.05, 4.69) is 10.6 Å². The van der Waals surface area contributed by atoms with Gasteiger partial charge in [0, 0.05) is 23.9 Å². The number of aromatic nitrogens is 2. The Hall–Kier alpha value is -4.05. The number of carbonyl (C=O) groups is 2. The molecule has 2 heterocycles. The number of amides is 2. The maximum absolute atomic E-state index is 14.1. The third kappa shape index (κ3) is 4.75. The van der Waals surface area contributed by atoms with Crippen LogP contribution >= 0.6 is 11.3 Å². The van der Waals surface area contributed by atoms with E-state index in [9.17, 15) is 23.6 Å². The highest BCUT2D eigenvalue weighted by Gasteiger charge is 2.17. The molecular formula is C23H19FN4O4S. The lowest BCUT2D eigenvalue weighted by Gasteiger charge is -2.13. The molecule has 0 aliphatic carbocycles. The van der Waals surface area contributed by atoms with Crippen molar-refractivity contribution in [2.45, 2.75) is 20.0 Å². The van der Waals surface area contributed by atoms with Gasteiger partial charge in [-0.15, -0.1) is 11.3 Å². The van der Waals surface area contributed by atoms with E-state index in [0.717, 1.165) is 15.9 Å². The van der Waals surface area contributed by atoms with Gasteiger partial charge in [-0.05, 0) is 35.7 Å². The molecule has 0 unspecified atom stereocenters. The van der Waals surface area contributed by atoms with Crippen molar-refractivity contribution in [3.05, 3.63) is 92.2 Å². The van der Waals surface area contributed by atoms with E-state index in [1.807, 2.05) is 0 Å². The van der Waals surface area contributed by atoms with Crippen LogP contribution in [0.2, 0.25) is 0 Å². The normalized spacial score (nSPS) is 10.8. The predicted octanol–water partition coefficient (Wildman–Crippen LogP) is 3.01. The fourth-order valence-electron chi connectivity index (χ4n) is 3.44. The van der Waals surface area contributed by atoms with Crippen LogP contribution in [0.4, 0.5) is 15.8 Å². The maximum Gasteiger partial charge on any atom is 0.332 e. The highest BCUT2D eigenvalue weighted by Crippen LogP contribution is 2.18. The molecule has 4 rings (SSSR count). The molecule has 0 aliphatic rings. The van der Waals surface area contributed by atoms with E-state index in [1.54, 1.807) is 41.8 Å². The molecule has 2 aromatic carbocycles. The maximum atomic E-state index is 14.1. The molecule has 0 saturated carbocycles. The number of anilines is 2. The number of fused-ring (bicyclic) bond motifs is 1. The van der Waals surface area contributed by atoms with Crippen molar-refractivity contribution in [2.24, 2.45) is 0 Å². The van der Waals surface area contributed by atoms with Gasteiger partial charge in [0.1, 0.15) is 17.1 Å². The van der Waals surface area contributed by atoms with Gasteiger partial charge in [0.2, 0.25) is 11.8 Å². The molecule has 4 aromatic rings. The fourth-order valence-corrected chi connectivity index (χ4v) is 4.29. The zero-order valence-corrected chi connectivity index (χ0v) is 18.3. The third-order valence-electron chi connectivity index (χ3n) is 4.89. The minimum Gasteiger partial charge on any atom is -0.326 e. The van der Waals surface area contributed by atoms with Crippen molar-refractivity contribution < 1.29 is 14.0 Å². The predicted molar refractivity (Wildman–Crippen MR) is 125 cm³/mol. The summed E-state index contributed by atoms with van der Waals surface area (Å²) >= 11 is 1.15. The molecule has 0 fully saturated rings. The second-order valence-corrected chi connectivity index (χ2v) is 8.21. The molecule has 10 heteroatoms. The first-order chi connectivity index (χ1) is 15.8. The summed E-state index contributed by atoms with van der Waals surface area (Å²) in [6, 6.07) is 14.1. The van der Waals surface area contributed by atoms with Gasteiger partial charge >= 0.3 is 5.69 Å². The standard InChI is InChI=1S/C23H19FN4O4S/c1-14(29)25-16-6-4-7-17(11-16)26-20(30)13-27-19-9-10-33-21(19)22(31)28(23(27)32)12-15-5-2-3-8-18(15)24/h2-11H,12-13H2,1H3,(H,25,29)(H,26,30). The zero-order valence-electron chi connectivity index (χ0n) is 17.5. The number of hydrogen-bond acceptors (Lipinski definition) is 5. The summed E-state index contributed by atoms with van der Waals surface area (Å²) in [5.41, 5.74) is 0.223. The molecule has 2 amide bonds. The van der Waals surface area contributed by atoms with Gasteiger partial charge in [-0.3, -0.25) is 23.5 Å². The van der Waals surface area contributed by atoms with Gasteiger partial charge in [0.05, 0.1) is 12.1 Å². The first-order valence-electron chi connectivity index (χ1n) is 9.95. The van der Waals surface area contributed by atoms with E-state index in [-0.39, 0.29) is 24.6 Å². The Morgan fingerprint density at radius 1 is 0.970 bits per heavy atom. The molecular weight excluding hydrogens is 447 g/mol. The Morgan fingerprint density at radius 3 is 2.42 bits per heavy atom. The molecule has 33 heavy (non-hydrogen) atoms. The fraction of sp³-hybridized carbons (Fsp3) is 0.130. The minimum absolute atomic E-state index is 0.193. The van der Waals surface area contributed by atoms with Crippen LogP contribution in [0.5, 0.6) is 0 Å². The molecule has 0 aliphatic heterocycles. The molecule has 8 nitrogen and oxygen atoms in total. The van der Waals surface area contributed by atoms with Crippen LogP contribution < -0.4 is 21.9 Å². The van der Waals surface area contributed by atoms with Crippen LogP contribution in [0.1, 0.15) is 12.5 Å². The van der Waals surface area contributed by atoms with Crippen LogP contribution in [0, 0.1) is 5.82 Å². The summed E-state index contributed by atoms with van der Waals surface area (Å²) in [7, 11) is 0. The Morgan fingerprint density at radius 2 is 1.70 bits per heavy atom. The first kappa shape index (κ1) is 22.2. The first-order valence-corrected chi connectivity index (χ1v) is 10.8. The third-order valence-corrected chi connectivity index (χ3v) is 5.78. The molecule has 168 valence electrons. The molecule has 2 N–H and O–H groups in total. The lowest BCUT2D eigenvalue weighted by Crippen LogP contribution is -2.41. The SMILES string of the molecule is CC(=O)Nc1cccc(NC(=O)Cn2c(=O)n(Cc3ccccc3F)c(=O)c3sccc32)c1. The monoisotopic (exact) mass is 466 g/mol. The smallest absolute Gasteiger partial charge is 0.326 e. The van der Waals surface area contributed by atoms with Crippen LogP contribution in [0.3, 0.4) is 0 Å². The number of benzene rings is 2. The number of thiophene rings is 1. The summed E-state index contributed by atoms with van der Waals surface area (Å²) in [5, 5.41) is 6.97. The lowest BCUT2D eigenvalue weighted by molar-refractivity contribution is -0.117. The van der Waals surface area contributed by atoms with Crippen LogP contribution in [0.15, 0.2) is 69.6 Å². The molecule has 0 saturated heterocycles. The average Bonchev–Trinajstić information content (AvgIpc) is 3.25. The molecule has 0 bridgehead atoms. The lowest BCUT2D eigenvalue weighted by atomic mass is 10.2. The molecule has 0 radical (unpaired) electrons. The van der Waals surface area contributed by atoms with Crippen molar-refractivity contribution in [2.75, 3.05) is 10.6 Å². The van der Waals surface area contributed by atoms with Gasteiger partial charge in [-0.1, -0.05) is 24.3 Å². The summed E-state index contributed by atoms with van der Waals surface area (Å²) in [6.45, 7) is 0.770. The highest BCUT2D eigenvalue weighted by molar-refractivity contribution is 7.17. The highest BCUT2D eigenvalue weighted by atomic mass is 32.1. The van der Waals surface area contributed by atoms with Crippen molar-refractivity contribution in [3.63, 3.8) is 0 Å². The number of nitrogens with one attached hydrogen (secondary N) is 2. The Kier molecular flexibility index (Phi) is 6.18. The van der Waals surface area contributed by atoms with Crippen molar-refractivity contribution in [1.82, 2.24) is 9.13 Å². The van der Waals surface area contributed by atoms with Gasteiger partial charge in [0.25, 0.3) is 5.56 Å². The summed E-state index contributed by atoms with van der Waals surface area (Å²) < 4.78 is 16.6. The second-order valence-electron chi connectivity index (χ2n) is 7.30. The van der Waals surface area contributed by atoms with Gasteiger partial charge < -0.3 is 10.6 Å². The minimum atomic E-state index is -0.712. The van der Waals surface area contributed by atoms with Crippen LogP contribution in [0.25, 0.3) is 10.2 Å². The van der Waals surface area contributed by atoms with Crippen LogP contribution in [-0.2, 0) is 22.7 Å². The number of rotatable bonds is 6. The number of halogens is 1. The number of carbonyl (C=O) groups excluding carboxylic acids is 2. The van der Waals surface area contributed by atoms with Gasteiger partial charge in [0.15, 0.2) is 0 Å². The van der Waals surface area contributed by atoms with E-state index in [1.165, 1.54) is 29.7 Å². The topological polar surface area (TPSA) is 102 Å². The Labute approximate surface area is 190 Å². The number of hydrogen-bond donors (Lipinski definition) is 2. The van der Waals surface area contributed by atoms with Gasteiger partial charge in [-0.25, -0.2) is 9.18 Å². The Bertz CT molecular complexity index is 1490. The van der Waals surface area contributed by atoms with E-state index < -0.39 is 23.0 Å². The molecule has 2 aromatic heterocycles. The van der Waals surface area contributed by atoms with E-state index >= 15 is 0 Å². The van der Waals surface area contributed by atoms with Crippen molar-refractivity contribution in [3.8, 4) is 0 Å². The number of nitrogens with zero attached hydrogens (tertiary/aromatic N) is 2. The summed E-state index contributed by atoms with van der Waals surface area (Å²) in [4.78, 5) is 50.0. The molecule has 0 spiro atoms. The average molecular weight is 466 g/mol. The van der Waals surface area contributed by atoms with Crippen molar-refractivity contribution >= 4 is 44.7 Å². The van der Waals surface area contributed by atoms with E-state index in [4.69, 9.17) is 0 Å². The van der Waals surface area contributed by atoms with Crippen molar-refractivity contribution in [1.29, 1.82) is 0 Å². The molecule has 0 atom stereocenters. The Balaban J connectivity index is 1.67. The largest absolute Gasteiger partial charge is 0.332 e. The second kappa shape index (κ2) is 9.21. The van der Waals surface area contributed by atoms with E-state index in [0.29, 0.717) is 21.6 Å². The quantitative estimate of drug-likeness (QED) is 0.456. The summed E-state index contributed by atoms with van der Waals surface area (Å²) in [6.07, 6.45) is 0. The van der Waals surface area contributed by atoms with Gasteiger partial charge in [-0.2, -0.15) is 0 Å². The zero-order chi connectivity index (χ0) is 23.5. The summed E-state index contributed by atoms with van der Waals surface area (Å²) in [5.74, 6) is -1.28.